The van der Waals surface area contributed by atoms with Crippen molar-refractivity contribution in [2.75, 3.05) is 19.8 Å². The van der Waals surface area contributed by atoms with E-state index in [0.717, 1.165) is 36.3 Å². The molecule has 41 heavy (non-hydrogen) atoms. The van der Waals surface area contributed by atoms with Gasteiger partial charge in [0, 0.05) is 22.9 Å². The van der Waals surface area contributed by atoms with Crippen LogP contribution in [0.25, 0.3) is 16.9 Å². The predicted octanol–water partition coefficient (Wildman–Crippen LogP) is 5.39. The quantitative estimate of drug-likeness (QED) is 0.124. The van der Waals surface area contributed by atoms with Gasteiger partial charge in [0.2, 0.25) is 0 Å². The van der Waals surface area contributed by atoms with Crippen LogP contribution in [0.2, 0.25) is 0 Å². The third kappa shape index (κ3) is 8.53. The Morgan fingerprint density at radius 3 is 2.24 bits per heavy atom. The molecule has 4 rings (SSSR count). The van der Waals surface area contributed by atoms with Gasteiger partial charge in [0.05, 0.1) is 31.7 Å². The predicted molar refractivity (Wildman–Crippen MR) is 160 cm³/mol. The van der Waals surface area contributed by atoms with E-state index in [1.807, 2.05) is 60.8 Å². The molecule has 0 bridgehead atoms. The molecule has 0 spiro atoms. The average Bonchev–Trinajstić information content (AvgIpc) is 3.44. The van der Waals surface area contributed by atoms with Crippen molar-refractivity contribution in [1.29, 1.82) is 0 Å². The van der Waals surface area contributed by atoms with Gasteiger partial charge in [-0.3, -0.25) is 9.59 Å². The molecule has 2 N–H and O–H groups in total. The lowest BCUT2D eigenvalue weighted by atomic mass is 10.1. The fraction of sp³-hybridized carbons (Fsp3) is 0.250. The third-order valence-electron chi connectivity index (χ3n) is 6.05. The summed E-state index contributed by atoms with van der Waals surface area (Å²) in [6.45, 7) is 5.23. The molecule has 0 aliphatic heterocycles. The lowest BCUT2D eigenvalue weighted by molar-refractivity contribution is -0.120. The maximum absolute atomic E-state index is 12.4. The highest BCUT2D eigenvalue weighted by atomic mass is 16.5. The van der Waals surface area contributed by atoms with Crippen LogP contribution in [0.4, 0.5) is 0 Å². The highest BCUT2D eigenvalue weighted by Crippen LogP contribution is 2.25. The van der Waals surface area contributed by atoms with Crippen molar-refractivity contribution in [3.8, 4) is 28.4 Å². The van der Waals surface area contributed by atoms with Gasteiger partial charge in [-0.1, -0.05) is 38.5 Å². The highest BCUT2D eigenvalue weighted by molar-refractivity contribution is 5.96. The Hall–Kier alpha value is -4.92. The van der Waals surface area contributed by atoms with Crippen LogP contribution < -0.4 is 20.2 Å². The van der Waals surface area contributed by atoms with Crippen molar-refractivity contribution in [2.45, 2.75) is 33.1 Å². The molecule has 1 aromatic heterocycles. The van der Waals surface area contributed by atoms with Gasteiger partial charge in [-0.05, 0) is 73.5 Å². The van der Waals surface area contributed by atoms with Crippen LogP contribution in [-0.4, -0.2) is 47.6 Å². The molecule has 9 nitrogen and oxygen atoms in total. The van der Waals surface area contributed by atoms with Crippen molar-refractivity contribution in [3.05, 3.63) is 96.2 Å². The Bertz CT molecular complexity index is 1430. The van der Waals surface area contributed by atoms with Crippen LogP contribution in [0.1, 0.15) is 49.0 Å². The SMILES string of the molecule is CCCCOc1ccc(C(=O)NCC(=O)NN=Cc2cn(-c3ccccc3)nc2-c2ccc(OCCC)cc2)cc1. The Morgan fingerprint density at radius 2 is 1.56 bits per heavy atom. The summed E-state index contributed by atoms with van der Waals surface area (Å²) in [5.74, 6) is 0.683. The molecule has 0 saturated heterocycles. The summed E-state index contributed by atoms with van der Waals surface area (Å²) in [4.78, 5) is 24.8. The molecular weight excluding hydrogens is 518 g/mol. The van der Waals surface area contributed by atoms with Crippen LogP contribution >= 0.6 is 0 Å². The smallest absolute Gasteiger partial charge is 0.259 e. The number of amides is 2. The number of hydrogen-bond acceptors (Lipinski definition) is 6. The second-order valence-electron chi connectivity index (χ2n) is 9.29. The number of aromatic nitrogens is 2. The summed E-state index contributed by atoms with van der Waals surface area (Å²) >= 11 is 0. The second kappa shape index (κ2) is 15.0. The number of unbranched alkanes of at least 4 members (excludes halogenated alkanes) is 1. The van der Waals surface area contributed by atoms with E-state index in [0.29, 0.717) is 35.8 Å². The lowest BCUT2D eigenvalue weighted by Gasteiger charge is -2.07. The van der Waals surface area contributed by atoms with Gasteiger partial charge in [0.15, 0.2) is 0 Å². The Kier molecular flexibility index (Phi) is 10.7. The molecule has 3 aromatic carbocycles. The minimum absolute atomic E-state index is 0.222. The van der Waals surface area contributed by atoms with Gasteiger partial charge in [-0.15, -0.1) is 0 Å². The second-order valence-corrected chi connectivity index (χ2v) is 9.29. The molecule has 0 radical (unpaired) electrons. The number of hydrazone groups is 1. The molecule has 0 aliphatic rings. The molecule has 0 aliphatic carbocycles. The molecular formula is C32H35N5O4. The maximum Gasteiger partial charge on any atom is 0.259 e. The average molecular weight is 554 g/mol. The van der Waals surface area contributed by atoms with Crippen molar-refractivity contribution in [2.24, 2.45) is 5.10 Å². The molecule has 0 saturated carbocycles. The number of nitrogens with one attached hydrogen (secondary N) is 2. The van der Waals surface area contributed by atoms with E-state index in [2.05, 4.69) is 29.7 Å². The Morgan fingerprint density at radius 1 is 0.878 bits per heavy atom. The van der Waals surface area contributed by atoms with Gasteiger partial charge in [-0.2, -0.15) is 10.2 Å². The minimum atomic E-state index is -0.455. The first kappa shape index (κ1) is 29.1. The Labute approximate surface area is 240 Å². The van der Waals surface area contributed by atoms with Crippen LogP contribution in [0.15, 0.2) is 90.2 Å². The third-order valence-corrected chi connectivity index (χ3v) is 6.05. The van der Waals surface area contributed by atoms with E-state index >= 15 is 0 Å². The van der Waals surface area contributed by atoms with Gasteiger partial charge < -0.3 is 14.8 Å². The number of ether oxygens (including phenoxy) is 2. The highest BCUT2D eigenvalue weighted by Gasteiger charge is 2.12. The normalized spacial score (nSPS) is 10.9. The van der Waals surface area contributed by atoms with E-state index in [1.165, 1.54) is 0 Å². The van der Waals surface area contributed by atoms with E-state index in [1.54, 1.807) is 35.2 Å². The van der Waals surface area contributed by atoms with E-state index in [9.17, 15) is 9.59 Å². The molecule has 0 unspecified atom stereocenters. The van der Waals surface area contributed by atoms with Crippen LogP contribution in [0.5, 0.6) is 11.5 Å². The summed E-state index contributed by atoms with van der Waals surface area (Å²) < 4.78 is 13.1. The fourth-order valence-electron chi connectivity index (χ4n) is 3.86. The number of hydrogen-bond donors (Lipinski definition) is 2. The first-order chi connectivity index (χ1) is 20.1. The largest absolute Gasteiger partial charge is 0.494 e. The summed E-state index contributed by atoms with van der Waals surface area (Å²) in [7, 11) is 0. The fourth-order valence-corrected chi connectivity index (χ4v) is 3.86. The summed E-state index contributed by atoms with van der Waals surface area (Å²) in [5.41, 5.74) is 6.09. The van der Waals surface area contributed by atoms with Gasteiger partial charge in [-0.25, -0.2) is 10.1 Å². The molecule has 1 heterocycles. The summed E-state index contributed by atoms with van der Waals surface area (Å²) in [6.07, 6.45) is 6.34. The first-order valence-corrected chi connectivity index (χ1v) is 13.8. The first-order valence-electron chi connectivity index (χ1n) is 13.8. The summed E-state index contributed by atoms with van der Waals surface area (Å²) in [5, 5.41) is 11.5. The topological polar surface area (TPSA) is 107 Å². The zero-order valence-electron chi connectivity index (χ0n) is 23.4. The van der Waals surface area contributed by atoms with Crippen molar-refractivity contribution in [1.82, 2.24) is 20.5 Å². The lowest BCUT2D eigenvalue weighted by Crippen LogP contribution is -2.34. The zero-order valence-corrected chi connectivity index (χ0v) is 23.4. The van der Waals surface area contributed by atoms with Crippen LogP contribution in [-0.2, 0) is 4.79 Å². The van der Waals surface area contributed by atoms with Crippen LogP contribution in [0.3, 0.4) is 0 Å². The molecule has 9 heteroatoms. The number of para-hydroxylation sites is 1. The van der Waals surface area contributed by atoms with Crippen molar-refractivity contribution >= 4 is 18.0 Å². The molecule has 0 atom stereocenters. The number of nitrogens with zero attached hydrogens (tertiary/aromatic N) is 3. The van der Waals surface area contributed by atoms with Gasteiger partial charge >= 0.3 is 0 Å². The number of carbonyl (C=O) groups excluding carboxylic acids is 2. The molecule has 2 amide bonds. The van der Waals surface area contributed by atoms with E-state index in [-0.39, 0.29) is 12.5 Å². The van der Waals surface area contributed by atoms with Crippen LogP contribution in [0, 0.1) is 0 Å². The standard InChI is InChI=1S/C32H35N5O4/c1-3-5-20-41-29-17-13-25(14-18-29)32(39)33-22-30(38)35-34-21-26-23-37(27-9-7-6-8-10-27)36-31(26)24-11-15-28(16-12-24)40-19-4-2/h6-18,21,23H,3-5,19-20,22H2,1-2H3,(H,33,39)(H,35,38). The zero-order chi connectivity index (χ0) is 28.9. The molecule has 4 aromatic rings. The van der Waals surface area contributed by atoms with Crippen molar-refractivity contribution < 1.29 is 19.1 Å². The van der Waals surface area contributed by atoms with E-state index < -0.39 is 5.91 Å². The summed E-state index contributed by atoms with van der Waals surface area (Å²) in [6, 6.07) is 24.3. The number of rotatable bonds is 14. The van der Waals surface area contributed by atoms with Gasteiger partial charge in [0.1, 0.15) is 17.2 Å². The maximum atomic E-state index is 12.4. The Balaban J connectivity index is 1.38. The number of benzene rings is 3. The van der Waals surface area contributed by atoms with Gasteiger partial charge in [0.25, 0.3) is 11.8 Å². The molecule has 212 valence electrons. The monoisotopic (exact) mass is 553 g/mol. The van der Waals surface area contributed by atoms with Crippen molar-refractivity contribution in [3.63, 3.8) is 0 Å². The molecule has 0 fully saturated rings. The van der Waals surface area contributed by atoms with E-state index in [4.69, 9.17) is 14.6 Å². The number of carbonyl (C=O) groups is 2. The minimum Gasteiger partial charge on any atom is -0.494 e.